The molecule has 4 N–H and O–H groups in total. The van der Waals surface area contributed by atoms with Crippen LogP contribution >= 0.6 is 0 Å². The topological polar surface area (TPSA) is 123 Å². The van der Waals surface area contributed by atoms with Crippen LogP contribution in [0.25, 0.3) is 0 Å². The Morgan fingerprint density at radius 1 is 1.62 bits per heavy atom. The molecule has 8 heteroatoms. The molecule has 0 spiro atoms. The highest BCUT2D eigenvalue weighted by Crippen LogP contribution is 1.99. The average Bonchev–Trinajstić information content (AvgIpc) is 2.89. The summed E-state index contributed by atoms with van der Waals surface area (Å²) in [6, 6.07) is 1.46. The second-order valence-electron chi connectivity index (χ2n) is 3.06. The molecule has 84 valence electrons. The van der Waals surface area contributed by atoms with Gasteiger partial charge in [-0.05, 0) is 0 Å². The van der Waals surface area contributed by atoms with Gasteiger partial charge in [0, 0.05) is 19.0 Å². The van der Waals surface area contributed by atoms with E-state index >= 15 is 0 Å². The first-order chi connectivity index (χ1) is 7.75. The standard InChI is InChI=1S/C8H10N6O2/c9-6-3-5(12-13-6)8(15)10-2-1-7-11-4-16-14-7/h3-4H,1-2H2,(H,10,15)(H3,9,12,13). The van der Waals surface area contributed by atoms with Crippen molar-refractivity contribution in [3.8, 4) is 0 Å². The van der Waals surface area contributed by atoms with Crippen LogP contribution in [0.4, 0.5) is 5.82 Å². The zero-order chi connectivity index (χ0) is 11.4. The molecule has 16 heavy (non-hydrogen) atoms. The number of nitrogens with one attached hydrogen (secondary N) is 2. The number of amides is 1. The maximum absolute atomic E-state index is 11.5. The first-order valence-electron chi connectivity index (χ1n) is 4.60. The van der Waals surface area contributed by atoms with Crippen molar-refractivity contribution in [2.24, 2.45) is 0 Å². The Hall–Kier alpha value is -2.38. The normalized spacial score (nSPS) is 10.2. The highest BCUT2D eigenvalue weighted by atomic mass is 16.5. The van der Waals surface area contributed by atoms with Crippen LogP contribution in [0.3, 0.4) is 0 Å². The SMILES string of the molecule is Nc1cc(C(=O)NCCc2ncon2)[nH]n1. The summed E-state index contributed by atoms with van der Waals surface area (Å²) in [5.74, 6) is 0.556. The number of carbonyl (C=O) groups excluding carboxylic acids is 1. The molecule has 2 heterocycles. The molecule has 2 aromatic rings. The zero-order valence-electron chi connectivity index (χ0n) is 8.30. The number of hydrogen-bond donors (Lipinski definition) is 3. The Kier molecular flexibility index (Phi) is 2.81. The van der Waals surface area contributed by atoms with Crippen molar-refractivity contribution in [1.82, 2.24) is 25.7 Å². The molecule has 0 atom stereocenters. The van der Waals surface area contributed by atoms with Crippen molar-refractivity contribution in [3.63, 3.8) is 0 Å². The lowest BCUT2D eigenvalue weighted by molar-refractivity contribution is 0.0949. The molecule has 0 aliphatic rings. The molecular formula is C8H10N6O2. The Labute approximate surface area is 90.2 Å². The highest BCUT2D eigenvalue weighted by molar-refractivity contribution is 5.92. The van der Waals surface area contributed by atoms with Crippen LogP contribution in [0, 0.1) is 0 Å². The van der Waals surface area contributed by atoms with E-state index in [-0.39, 0.29) is 11.7 Å². The van der Waals surface area contributed by atoms with Crippen molar-refractivity contribution in [3.05, 3.63) is 24.0 Å². The van der Waals surface area contributed by atoms with Gasteiger partial charge in [-0.3, -0.25) is 9.89 Å². The molecule has 0 aliphatic heterocycles. The van der Waals surface area contributed by atoms with E-state index in [9.17, 15) is 4.79 Å². The van der Waals surface area contributed by atoms with Crippen molar-refractivity contribution in [2.45, 2.75) is 6.42 Å². The minimum Gasteiger partial charge on any atom is -0.382 e. The number of nitrogens with zero attached hydrogens (tertiary/aromatic N) is 3. The lowest BCUT2D eigenvalue weighted by Gasteiger charge is -1.99. The lowest BCUT2D eigenvalue weighted by atomic mass is 10.3. The first-order valence-corrected chi connectivity index (χ1v) is 4.60. The summed E-state index contributed by atoms with van der Waals surface area (Å²) in [6.07, 6.45) is 1.75. The van der Waals surface area contributed by atoms with E-state index in [0.29, 0.717) is 24.5 Å². The third-order valence-corrected chi connectivity index (χ3v) is 1.88. The van der Waals surface area contributed by atoms with Gasteiger partial charge in [-0.15, -0.1) is 0 Å². The molecule has 2 aromatic heterocycles. The summed E-state index contributed by atoms with van der Waals surface area (Å²) in [5.41, 5.74) is 5.69. The van der Waals surface area contributed by atoms with Gasteiger partial charge in [0.2, 0.25) is 6.39 Å². The highest BCUT2D eigenvalue weighted by Gasteiger charge is 2.08. The summed E-state index contributed by atoms with van der Waals surface area (Å²) in [7, 11) is 0. The average molecular weight is 222 g/mol. The predicted molar refractivity (Wildman–Crippen MR) is 53.3 cm³/mol. The van der Waals surface area contributed by atoms with Crippen molar-refractivity contribution in [1.29, 1.82) is 0 Å². The third kappa shape index (κ3) is 2.35. The number of aromatic nitrogens is 4. The molecule has 8 nitrogen and oxygen atoms in total. The smallest absolute Gasteiger partial charge is 0.269 e. The maximum Gasteiger partial charge on any atom is 0.269 e. The molecule has 0 saturated carbocycles. The quantitative estimate of drug-likeness (QED) is 0.631. The van der Waals surface area contributed by atoms with Gasteiger partial charge < -0.3 is 15.6 Å². The Bertz CT molecular complexity index is 463. The second-order valence-corrected chi connectivity index (χ2v) is 3.06. The van der Waals surface area contributed by atoms with Gasteiger partial charge in [0.15, 0.2) is 5.82 Å². The van der Waals surface area contributed by atoms with Crippen LogP contribution < -0.4 is 11.1 Å². The Morgan fingerprint density at radius 2 is 2.50 bits per heavy atom. The summed E-state index contributed by atoms with van der Waals surface area (Å²) < 4.78 is 4.55. The second kappa shape index (κ2) is 4.43. The van der Waals surface area contributed by atoms with Crippen molar-refractivity contribution >= 4 is 11.7 Å². The number of rotatable bonds is 4. The van der Waals surface area contributed by atoms with E-state index in [4.69, 9.17) is 5.73 Å². The first kappa shape index (κ1) is 10.1. The minimum atomic E-state index is -0.271. The van der Waals surface area contributed by atoms with Crippen LogP contribution in [-0.2, 0) is 6.42 Å². The number of hydrogen-bond acceptors (Lipinski definition) is 6. The van der Waals surface area contributed by atoms with E-state index < -0.39 is 0 Å². The Morgan fingerprint density at radius 3 is 3.12 bits per heavy atom. The molecular weight excluding hydrogens is 212 g/mol. The van der Waals surface area contributed by atoms with Gasteiger partial charge in [0.25, 0.3) is 5.91 Å². The van der Waals surface area contributed by atoms with Crippen LogP contribution in [0.5, 0.6) is 0 Å². The van der Waals surface area contributed by atoms with Crippen LogP contribution in [0.2, 0.25) is 0 Å². The monoisotopic (exact) mass is 222 g/mol. The number of carbonyl (C=O) groups is 1. The Balaban J connectivity index is 1.80. The fraction of sp³-hybridized carbons (Fsp3) is 0.250. The van der Waals surface area contributed by atoms with Gasteiger partial charge >= 0.3 is 0 Å². The molecule has 0 aliphatic carbocycles. The molecule has 0 fully saturated rings. The molecule has 1 amide bonds. The van der Waals surface area contributed by atoms with E-state index in [1.807, 2.05) is 0 Å². The molecule has 0 radical (unpaired) electrons. The van der Waals surface area contributed by atoms with Gasteiger partial charge in [0.05, 0.1) is 0 Å². The summed E-state index contributed by atoms with van der Waals surface area (Å²) in [6.45, 7) is 0.414. The molecule has 0 aromatic carbocycles. The van der Waals surface area contributed by atoms with Gasteiger partial charge in [-0.2, -0.15) is 10.1 Å². The summed E-state index contributed by atoms with van der Waals surface area (Å²) in [5, 5.41) is 12.4. The molecule has 2 rings (SSSR count). The van der Waals surface area contributed by atoms with E-state index in [1.165, 1.54) is 12.5 Å². The number of H-pyrrole nitrogens is 1. The zero-order valence-corrected chi connectivity index (χ0v) is 8.30. The van der Waals surface area contributed by atoms with Gasteiger partial charge in [-0.25, -0.2) is 0 Å². The van der Waals surface area contributed by atoms with Gasteiger partial charge in [-0.1, -0.05) is 5.16 Å². The molecule has 0 unspecified atom stereocenters. The third-order valence-electron chi connectivity index (χ3n) is 1.88. The van der Waals surface area contributed by atoms with Crippen LogP contribution in [0.15, 0.2) is 17.0 Å². The van der Waals surface area contributed by atoms with Crippen LogP contribution in [0.1, 0.15) is 16.3 Å². The van der Waals surface area contributed by atoms with E-state index in [1.54, 1.807) is 0 Å². The summed E-state index contributed by atoms with van der Waals surface area (Å²) in [4.78, 5) is 15.3. The van der Waals surface area contributed by atoms with E-state index in [0.717, 1.165) is 0 Å². The molecule has 0 saturated heterocycles. The number of nitrogen functional groups attached to an aromatic ring is 1. The lowest BCUT2D eigenvalue weighted by Crippen LogP contribution is -2.26. The fourth-order valence-corrected chi connectivity index (χ4v) is 1.14. The predicted octanol–water partition coefficient (Wildman–Crippen LogP) is -0.653. The fourth-order valence-electron chi connectivity index (χ4n) is 1.14. The summed E-state index contributed by atoms with van der Waals surface area (Å²) >= 11 is 0. The molecule has 0 bridgehead atoms. The van der Waals surface area contributed by atoms with Crippen molar-refractivity contribution in [2.75, 3.05) is 12.3 Å². The maximum atomic E-state index is 11.5. The largest absolute Gasteiger partial charge is 0.382 e. The van der Waals surface area contributed by atoms with E-state index in [2.05, 4.69) is 30.2 Å². The number of aromatic amines is 1. The number of nitrogens with two attached hydrogens (primary N) is 1. The minimum absolute atomic E-state index is 0.271. The van der Waals surface area contributed by atoms with Crippen molar-refractivity contribution < 1.29 is 9.32 Å². The van der Waals surface area contributed by atoms with Gasteiger partial charge in [0.1, 0.15) is 11.5 Å². The van der Waals surface area contributed by atoms with Crippen LogP contribution in [-0.4, -0.2) is 32.8 Å². The number of anilines is 1.